The average Bonchev–Trinajstić information content (AvgIpc) is 2.98. The van der Waals surface area contributed by atoms with E-state index in [4.69, 9.17) is 9.31 Å². The molecule has 1 aromatic heterocycles. The number of benzene rings is 1. The predicted octanol–water partition coefficient (Wildman–Crippen LogP) is 4.42. The lowest BCUT2D eigenvalue weighted by Crippen LogP contribution is -2.41. The van der Waals surface area contributed by atoms with Gasteiger partial charge in [0.25, 0.3) is 0 Å². The number of ether oxygens (including phenoxy) is 1. The fourth-order valence-corrected chi connectivity index (χ4v) is 4.30. The number of hydrogen-bond donors (Lipinski definition) is 0. The van der Waals surface area contributed by atoms with Crippen molar-refractivity contribution in [2.24, 2.45) is 0 Å². The molecule has 1 fully saturated rings. The van der Waals surface area contributed by atoms with Crippen molar-refractivity contribution in [3.8, 4) is 17.0 Å². The van der Waals surface area contributed by atoms with Crippen LogP contribution in [0.25, 0.3) is 11.3 Å². The molecule has 0 atom stereocenters. The summed E-state index contributed by atoms with van der Waals surface area (Å²) in [7, 11) is -4.56. The van der Waals surface area contributed by atoms with E-state index in [1.807, 2.05) is 27.7 Å². The third-order valence-corrected chi connectivity index (χ3v) is 7.86. The highest BCUT2D eigenvalue weighted by Crippen LogP contribution is 2.38. The van der Waals surface area contributed by atoms with Crippen molar-refractivity contribution in [3.05, 3.63) is 36.5 Å². The van der Waals surface area contributed by atoms with E-state index < -0.39 is 46.9 Å². The first-order chi connectivity index (χ1) is 15.9. The van der Waals surface area contributed by atoms with Crippen LogP contribution in [0, 0.1) is 0 Å². The Bertz CT molecular complexity index is 1170. The number of halogens is 5. The van der Waals surface area contributed by atoms with E-state index in [1.165, 1.54) is 25.1 Å². The van der Waals surface area contributed by atoms with E-state index in [9.17, 15) is 30.4 Å². The highest BCUT2D eigenvalue weighted by Gasteiger charge is 2.58. The Labute approximate surface area is 200 Å². The van der Waals surface area contributed by atoms with E-state index in [0.717, 1.165) is 12.3 Å². The van der Waals surface area contributed by atoms with Gasteiger partial charge in [-0.05, 0) is 51.4 Å². The molecule has 0 amide bonds. The van der Waals surface area contributed by atoms with Gasteiger partial charge in [-0.1, -0.05) is 19.1 Å². The van der Waals surface area contributed by atoms with Crippen molar-refractivity contribution in [1.82, 2.24) is 4.98 Å². The standard InChI is InChI=1S/C22H25BF5NO5S/c1-6-35(30,31)18-11-14(23-33-19(2,3)20(4,5)34-23)7-9-16(18)17-10-8-15(12-29-17)32-13-21(24,25)22(26,27)28/h7-12H,6,13H2,1-5H3. The number of aromatic nitrogens is 1. The van der Waals surface area contributed by atoms with Crippen LogP contribution in [0.4, 0.5) is 22.0 Å². The zero-order chi connectivity index (χ0) is 26.4. The van der Waals surface area contributed by atoms with Crippen LogP contribution in [0.3, 0.4) is 0 Å². The van der Waals surface area contributed by atoms with Crippen LogP contribution >= 0.6 is 0 Å². The fourth-order valence-electron chi connectivity index (χ4n) is 3.17. The smallest absolute Gasteiger partial charge is 0.485 e. The van der Waals surface area contributed by atoms with Crippen LogP contribution in [0.1, 0.15) is 34.6 Å². The number of alkyl halides is 5. The van der Waals surface area contributed by atoms with Gasteiger partial charge in [0.2, 0.25) is 0 Å². The monoisotopic (exact) mass is 521 g/mol. The summed E-state index contributed by atoms with van der Waals surface area (Å²) in [6, 6.07) is 7.00. The molecule has 0 N–H and O–H groups in total. The second-order valence-corrected chi connectivity index (χ2v) is 11.4. The van der Waals surface area contributed by atoms with Crippen LogP contribution in [-0.2, 0) is 19.1 Å². The van der Waals surface area contributed by atoms with Gasteiger partial charge in [0.05, 0.1) is 33.7 Å². The lowest BCUT2D eigenvalue weighted by molar-refractivity contribution is -0.290. The second-order valence-electron chi connectivity index (χ2n) is 9.12. The van der Waals surface area contributed by atoms with Crippen LogP contribution in [0.15, 0.2) is 41.4 Å². The lowest BCUT2D eigenvalue weighted by Gasteiger charge is -2.32. The number of pyridine rings is 1. The van der Waals surface area contributed by atoms with Crippen LogP contribution in [0.5, 0.6) is 5.75 Å². The van der Waals surface area contributed by atoms with Gasteiger partial charge in [0, 0.05) is 5.56 Å². The topological polar surface area (TPSA) is 74.7 Å². The van der Waals surface area contributed by atoms with Gasteiger partial charge >= 0.3 is 19.2 Å². The fraction of sp³-hybridized carbons (Fsp3) is 0.500. The van der Waals surface area contributed by atoms with E-state index in [-0.39, 0.29) is 27.7 Å². The molecule has 13 heteroatoms. The van der Waals surface area contributed by atoms with E-state index >= 15 is 0 Å². The molecule has 1 aliphatic rings. The summed E-state index contributed by atoms with van der Waals surface area (Å²) < 4.78 is 105. The zero-order valence-corrected chi connectivity index (χ0v) is 20.6. The molecule has 1 aromatic carbocycles. The molecule has 0 spiro atoms. The third kappa shape index (κ3) is 5.46. The molecule has 0 saturated carbocycles. The Hall–Kier alpha value is -2.25. The summed E-state index contributed by atoms with van der Waals surface area (Å²) in [6.07, 6.45) is -4.80. The highest BCUT2D eigenvalue weighted by molar-refractivity contribution is 7.91. The van der Waals surface area contributed by atoms with Gasteiger partial charge in [-0.3, -0.25) is 4.98 Å². The van der Waals surface area contributed by atoms with Crippen LogP contribution < -0.4 is 10.2 Å². The maximum Gasteiger partial charge on any atom is 0.494 e. The van der Waals surface area contributed by atoms with E-state index in [2.05, 4.69) is 9.72 Å². The van der Waals surface area contributed by atoms with Crippen LogP contribution in [-0.4, -0.2) is 56.2 Å². The van der Waals surface area contributed by atoms with E-state index in [0.29, 0.717) is 5.46 Å². The molecule has 6 nitrogen and oxygen atoms in total. The van der Waals surface area contributed by atoms with Gasteiger partial charge in [-0.2, -0.15) is 22.0 Å². The first-order valence-electron chi connectivity index (χ1n) is 10.7. The summed E-state index contributed by atoms with van der Waals surface area (Å²) in [5.41, 5.74) is -0.415. The SMILES string of the molecule is CCS(=O)(=O)c1cc(B2OC(C)(C)C(C)(C)O2)ccc1-c1ccc(OCC(F)(F)C(F)(F)F)cn1. The van der Waals surface area contributed by atoms with Crippen molar-refractivity contribution in [2.45, 2.75) is 62.8 Å². The van der Waals surface area contributed by atoms with Gasteiger partial charge < -0.3 is 14.0 Å². The Morgan fingerprint density at radius 1 is 1.00 bits per heavy atom. The van der Waals surface area contributed by atoms with Crippen LogP contribution in [0.2, 0.25) is 0 Å². The molecule has 1 saturated heterocycles. The molecule has 0 radical (unpaired) electrons. The molecule has 0 aliphatic carbocycles. The first kappa shape index (κ1) is 27.3. The normalized spacial score (nSPS) is 18.1. The largest absolute Gasteiger partial charge is 0.494 e. The lowest BCUT2D eigenvalue weighted by atomic mass is 9.78. The molecule has 3 rings (SSSR count). The van der Waals surface area contributed by atoms with Crippen molar-refractivity contribution in [2.75, 3.05) is 12.4 Å². The minimum atomic E-state index is -5.75. The van der Waals surface area contributed by atoms with Crippen molar-refractivity contribution in [1.29, 1.82) is 0 Å². The summed E-state index contributed by atoms with van der Waals surface area (Å²) in [5, 5.41) is 0. The van der Waals surface area contributed by atoms with E-state index in [1.54, 1.807) is 6.07 Å². The maximum atomic E-state index is 13.1. The average molecular weight is 521 g/mol. The molecular weight excluding hydrogens is 496 g/mol. The molecular formula is C22H25BF5NO5S. The minimum absolute atomic E-state index is 0.0445. The summed E-state index contributed by atoms with van der Waals surface area (Å²) >= 11 is 0. The third-order valence-electron chi connectivity index (χ3n) is 6.09. The van der Waals surface area contributed by atoms with Gasteiger partial charge in [0.15, 0.2) is 16.4 Å². The second kappa shape index (κ2) is 9.00. The Morgan fingerprint density at radius 2 is 1.60 bits per heavy atom. The number of sulfone groups is 1. The Balaban J connectivity index is 1.92. The number of nitrogens with zero attached hydrogens (tertiary/aromatic N) is 1. The molecule has 192 valence electrons. The number of hydrogen-bond acceptors (Lipinski definition) is 6. The van der Waals surface area contributed by atoms with Gasteiger partial charge in [-0.15, -0.1) is 0 Å². The molecule has 35 heavy (non-hydrogen) atoms. The quantitative estimate of drug-likeness (QED) is 0.397. The first-order valence-corrected chi connectivity index (χ1v) is 12.3. The van der Waals surface area contributed by atoms with Gasteiger partial charge in [0.1, 0.15) is 5.75 Å². The molecule has 0 bridgehead atoms. The van der Waals surface area contributed by atoms with Crippen molar-refractivity contribution < 1.29 is 44.4 Å². The summed E-state index contributed by atoms with van der Waals surface area (Å²) in [4.78, 5) is 3.97. The highest BCUT2D eigenvalue weighted by atomic mass is 32.2. The summed E-state index contributed by atoms with van der Waals surface area (Å²) in [5.74, 6) is -5.57. The molecule has 0 unspecified atom stereocenters. The number of rotatable bonds is 7. The molecule has 2 aromatic rings. The predicted molar refractivity (Wildman–Crippen MR) is 120 cm³/mol. The van der Waals surface area contributed by atoms with Crippen molar-refractivity contribution in [3.63, 3.8) is 0 Å². The molecule has 1 aliphatic heterocycles. The van der Waals surface area contributed by atoms with Gasteiger partial charge in [-0.25, -0.2) is 8.42 Å². The maximum absolute atomic E-state index is 13.1. The zero-order valence-electron chi connectivity index (χ0n) is 19.7. The Morgan fingerprint density at radius 3 is 2.09 bits per heavy atom. The minimum Gasteiger partial charge on any atom is -0.485 e. The van der Waals surface area contributed by atoms with Crippen molar-refractivity contribution >= 4 is 22.4 Å². The Kier molecular flexibility index (Phi) is 7.03. The summed E-state index contributed by atoms with van der Waals surface area (Å²) in [6.45, 7) is 7.03. The molecule has 2 heterocycles.